The third kappa shape index (κ3) is 3.14. The highest BCUT2D eigenvalue weighted by Crippen LogP contribution is 2.23. The van der Waals surface area contributed by atoms with Gasteiger partial charge in [0.15, 0.2) is 9.84 Å². The average molecular weight is 269 g/mol. The van der Waals surface area contributed by atoms with Crippen molar-refractivity contribution < 1.29 is 8.42 Å². The standard InChI is InChI=1S/C12H19N3O2S/c1-18(16,17)10-5-6-12(11(13)9-10)14-15-7-3-2-4-8-15/h5-6,9,14H,2-4,7-8,13H2,1H3. The number of hydrogen-bond acceptors (Lipinski definition) is 5. The minimum Gasteiger partial charge on any atom is -0.397 e. The van der Waals surface area contributed by atoms with Crippen molar-refractivity contribution in [3.63, 3.8) is 0 Å². The average Bonchev–Trinajstić information content (AvgIpc) is 2.32. The molecule has 0 atom stereocenters. The summed E-state index contributed by atoms with van der Waals surface area (Å²) in [5.74, 6) is 0. The molecule has 0 bridgehead atoms. The lowest BCUT2D eigenvalue weighted by atomic mass is 10.2. The first kappa shape index (κ1) is 13.2. The summed E-state index contributed by atoms with van der Waals surface area (Å²) in [6.07, 6.45) is 4.79. The van der Waals surface area contributed by atoms with E-state index < -0.39 is 9.84 Å². The number of anilines is 2. The number of nitrogens with two attached hydrogens (primary N) is 1. The predicted octanol–water partition coefficient (Wildman–Crippen LogP) is 1.49. The summed E-state index contributed by atoms with van der Waals surface area (Å²) in [6.45, 7) is 1.99. The molecule has 18 heavy (non-hydrogen) atoms. The molecule has 0 radical (unpaired) electrons. The first-order valence-corrected chi connectivity index (χ1v) is 7.97. The topological polar surface area (TPSA) is 75.4 Å². The second kappa shape index (κ2) is 5.16. The summed E-state index contributed by atoms with van der Waals surface area (Å²) < 4.78 is 22.8. The molecule has 0 aliphatic carbocycles. The Balaban J connectivity index is 2.14. The van der Waals surface area contributed by atoms with Crippen molar-refractivity contribution in [3.05, 3.63) is 18.2 Å². The molecule has 100 valence electrons. The number of nitrogens with one attached hydrogen (secondary N) is 1. The van der Waals surface area contributed by atoms with Crippen LogP contribution in [0.4, 0.5) is 11.4 Å². The van der Waals surface area contributed by atoms with Crippen LogP contribution in [0.1, 0.15) is 19.3 Å². The van der Waals surface area contributed by atoms with E-state index in [1.165, 1.54) is 31.6 Å². The predicted molar refractivity (Wildman–Crippen MR) is 73.0 cm³/mol. The van der Waals surface area contributed by atoms with Crippen LogP contribution in [0.2, 0.25) is 0 Å². The van der Waals surface area contributed by atoms with Gasteiger partial charge in [-0.1, -0.05) is 6.42 Å². The van der Waals surface area contributed by atoms with E-state index in [0.29, 0.717) is 5.69 Å². The van der Waals surface area contributed by atoms with Crippen LogP contribution in [0.25, 0.3) is 0 Å². The summed E-state index contributed by atoms with van der Waals surface area (Å²) in [5, 5.41) is 2.12. The van der Waals surface area contributed by atoms with Crippen LogP contribution in [-0.2, 0) is 9.84 Å². The van der Waals surface area contributed by atoms with Crippen molar-refractivity contribution >= 4 is 21.2 Å². The molecule has 1 aromatic carbocycles. The normalized spacial score (nSPS) is 17.6. The number of hydrogen-bond donors (Lipinski definition) is 2. The Morgan fingerprint density at radius 3 is 2.44 bits per heavy atom. The van der Waals surface area contributed by atoms with E-state index in [1.54, 1.807) is 12.1 Å². The Hall–Kier alpha value is -1.27. The lowest BCUT2D eigenvalue weighted by molar-refractivity contribution is 0.273. The van der Waals surface area contributed by atoms with Crippen LogP contribution < -0.4 is 11.2 Å². The molecular formula is C12H19N3O2S. The first-order chi connectivity index (χ1) is 8.47. The molecule has 1 aliphatic rings. The molecule has 0 amide bonds. The number of piperidine rings is 1. The van der Waals surface area contributed by atoms with Crippen LogP contribution in [-0.4, -0.2) is 32.8 Å². The summed E-state index contributed by atoms with van der Waals surface area (Å²) in [7, 11) is -3.20. The molecule has 0 saturated carbocycles. The lowest BCUT2D eigenvalue weighted by Crippen LogP contribution is -2.35. The van der Waals surface area contributed by atoms with Gasteiger partial charge in [0, 0.05) is 19.3 Å². The van der Waals surface area contributed by atoms with E-state index in [2.05, 4.69) is 10.4 Å². The van der Waals surface area contributed by atoms with Gasteiger partial charge in [-0.15, -0.1) is 0 Å². The van der Waals surface area contributed by atoms with Crippen LogP contribution >= 0.6 is 0 Å². The minimum atomic E-state index is -3.20. The zero-order valence-electron chi connectivity index (χ0n) is 10.5. The van der Waals surface area contributed by atoms with Crippen molar-refractivity contribution in [2.24, 2.45) is 0 Å². The number of hydrazine groups is 1. The van der Waals surface area contributed by atoms with Crippen molar-refractivity contribution in [1.82, 2.24) is 5.01 Å². The van der Waals surface area contributed by atoms with Crippen LogP contribution in [0, 0.1) is 0 Å². The van der Waals surface area contributed by atoms with Gasteiger partial charge >= 0.3 is 0 Å². The molecule has 0 aromatic heterocycles. The molecule has 1 heterocycles. The van der Waals surface area contributed by atoms with E-state index in [1.807, 2.05) is 0 Å². The largest absolute Gasteiger partial charge is 0.397 e. The Morgan fingerprint density at radius 2 is 1.89 bits per heavy atom. The second-order valence-electron chi connectivity index (χ2n) is 4.68. The third-order valence-electron chi connectivity index (χ3n) is 3.09. The van der Waals surface area contributed by atoms with Gasteiger partial charge in [-0.25, -0.2) is 13.4 Å². The quantitative estimate of drug-likeness (QED) is 0.813. The van der Waals surface area contributed by atoms with Crippen molar-refractivity contribution in [3.8, 4) is 0 Å². The van der Waals surface area contributed by atoms with Crippen molar-refractivity contribution in [1.29, 1.82) is 0 Å². The molecule has 1 saturated heterocycles. The molecular weight excluding hydrogens is 250 g/mol. The highest BCUT2D eigenvalue weighted by atomic mass is 32.2. The molecule has 5 nitrogen and oxygen atoms in total. The van der Waals surface area contributed by atoms with Gasteiger partial charge in [-0.05, 0) is 31.0 Å². The number of sulfone groups is 1. The van der Waals surface area contributed by atoms with E-state index in [4.69, 9.17) is 5.73 Å². The molecule has 2 rings (SSSR count). The van der Waals surface area contributed by atoms with Gasteiger partial charge in [0.25, 0.3) is 0 Å². The smallest absolute Gasteiger partial charge is 0.175 e. The summed E-state index contributed by atoms with van der Waals surface area (Å²) in [4.78, 5) is 0.254. The maximum Gasteiger partial charge on any atom is 0.175 e. The van der Waals surface area contributed by atoms with E-state index >= 15 is 0 Å². The maximum atomic E-state index is 11.4. The highest BCUT2D eigenvalue weighted by molar-refractivity contribution is 7.90. The molecule has 3 N–H and O–H groups in total. The lowest BCUT2D eigenvalue weighted by Gasteiger charge is -2.28. The van der Waals surface area contributed by atoms with Gasteiger partial charge in [0.1, 0.15) is 0 Å². The fraction of sp³-hybridized carbons (Fsp3) is 0.500. The Bertz CT molecular complexity index is 522. The zero-order chi connectivity index (χ0) is 13.2. The second-order valence-corrected chi connectivity index (χ2v) is 6.70. The van der Waals surface area contributed by atoms with Gasteiger partial charge in [0.2, 0.25) is 0 Å². The Morgan fingerprint density at radius 1 is 1.22 bits per heavy atom. The fourth-order valence-electron chi connectivity index (χ4n) is 2.05. The highest BCUT2D eigenvalue weighted by Gasteiger charge is 2.13. The van der Waals surface area contributed by atoms with Crippen molar-refractivity contribution in [2.75, 3.05) is 30.5 Å². The van der Waals surface area contributed by atoms with E-state index in [-0.39, 0.29) is 4.90 Å². The van der Waals surface area contributed by atoms with Gasteiger partial charge in [0.05, 0.1) is 16.3 Å². The molecule has 0 spiro atoms. The van der Waals surface area contributed by atoms with E-state index in [9.17, 15) is 8.42 Å². The summed E-state index contributed by atoms with van der Waals surface area (Å²) in [5.41, 5.74) is 10.4. The third-order valence-corrected chi connectivity index (χ3v) is 4.20. The minimum absolute atomic E-state index is 0.254. The molecule has 0 unspecified atom stereocenters. The van der Waals surface area contributed by atoms with Gasteiger partial charge in [-0.2, -0.15) is 0 Å². The SMILES string of the molecule is CS(=O)(=O)c1ccc(NN2CCCCC2)c(N)c1. The first-order valence-electron chi connectivity index (χ1n) is 6.08. The number of nitrogens with zero attached hydrogens (tertiary/aromatic N) is 1. The monoisotopic (exact) mass is 269 g/mol. The summed E-state index contributed by atoms with van der Waals surface area (Å²) >= 11 is 0. The zero-order valence-corrected chi connectivity index (χ0v) is 11.3. The number of benzene rings is 1. The van der Waals surface area contributed by atoms with Gasteiger partial charge in [-0.3, -0.25) is 0 Å². The van der Waals surface area contributed by atoms with Crippen molar-refractivity contribution in [2.45, 2.75) is 24.2 Å². The van der Waals surface area contributed by atoms with Crippen LogP contribution in [0.3, 0.4) is 0 Å². The molecule has 1 aliphatic heterocycles. The van der Waals surface area contributed by atoms with Crippen LogP contribution in [0.5, 0.6) is 0 Å². The van der Waals surface area contributed by atoms with Gasteiger partial charge < -0.3 is 11.2 Å². The number of nitrogen functional groups attached to an aromatic ring is 1. The molecule has 1 fully saturated rings. The maximum absolute atomic E-state index is 11.4. The number of rotatable bonds is 3. The van der Waals surface area contributed by atoms with E-state index in [0.717, 1.165) is 18.8 Å². The molecule has 6 heteroatoms. The Labute approximate surface area is 108 Å². The Kier molecular flexibility index (Phi) is 3.77. The van der Waals surface area contributed by atoms with Crippen LogP contribution in [0.15, 0.2) is 23.1 Å². The summed E-state index contributed by atoms with van der Waals surface area (Å²) in [6, 6.07) is 4.81. The molecule has 1 aromatic rings. The fourth-order valence-corrected chi connectivity index (χ4v) is 2.71.